The van der Waals surface area contributed by atoms with E-state index in [1.165, 1.54) is 6.08 Å². The average Bonchev–Trinajstić information content (AvgIpc) is 2.79. The molecule has 0 N–H and O–H groups in total. The van der Waals surface area contributed by atoms with Gasteiger partial charge in [0.15, 0.2) is 0 Å². The molecule has 0 atom stereocenters. The molecule has 0 amide bonds. The molecule has 0 unspecified atom stereocenters. The second-order valence-corrected chi connectivity index (χ2v) is 6.56. The number of hydrogen-bond donors (Lipinski definition) is 0. The third kappa shape index (κ3) is 7.66. The lowest BCUT2D eigenvalue weighted by atomic mass is 10.0. The first kappa shape index (κ1) is 22.5. The number of carbonyl (C=O) groups is 1. The van der Waals surface area contributed by atoms with E-state index < -0.39 is 0 Å². The minimum absolute atomic E-state index is 0.381. The molecule has 0 aromatic heterocycles. The summed E-state index contributed by atoms with van der Waals surface area (Å²) in [6.45, 7) is 4.38. The summed E-state index contributed by atoms with van der Waals surface area (Å²) in [6, 6.07) is 18.8. The minimum atomic E-state index is -0.381. The Labute approximate surface area is 177 Å². The standard InChI is InChI=1S/C25H24N2O3/c1-2-25(28)30-16-6-4-3-5-15-29-24-13-11-22(12-14-24)23(19-27)17-20-7-9-21(18-26)10-8-20/h2,7-14,17H,1,3-6,15-16H2/b23-17+. The van der Waals surface area contributed by atoms with Crippen molar-refractivity contribution in [3.05, 3.63) is 77.9 Å². The first-order valence-corrected chi connectivity index (χ1v) is 9.80. The Hall–Kier alpha value is -3.83. The number of unbranched alkanes of at least 4 members (excludes halogenated alkanes) is 3. The molecular weight excluding hydrogens is 376 g/mol. The molecule has 0 radical (unpaired) electrons. The van der Waals surface area contributed by atoms with Gasteiger partial charge in [-0.15, -0.1) is 0 Å². The van der Waals surface area contributed by atoms with Crippen LogP contribution in [0.1, 0.15) is 42.4 Å². The first-order valence-electron chi connectivity index (χ1n) is 9.80. The van der Waals surface area contributed by atoms with Gasteiger partial charge in [-0.1, -0.05) is 18.7 Å². The second kappa shape index (κ2) is 12.6. The number of rotatable bonds is 11. The summed E-state index contributed by atoms with van der Waals surface area (Å²) in [5.41, 5.74) is 2.81. The number of allylic oxidation sites excluding steroid dienone is 1. The van der Waals surface area contributed by atoms with Gasteiger partial charge in [-0.3, -0.25) is 0 Å². The highest BCUT2D eigenvalue weighted by atomic mass is 16.5. The van der Waals surface area contributed by atoms with Gasteiger partial charge in [-0.25, -0.2) is 4.79 Å². The summed E-state index contributed by atoms with van der Waals surface area (Å²) in [5, 5.41) is 18.3. The average molecular weight is 400 g/mol. The molecule has 0 aliphatic rings. The quantitative estimate of drug-likeness (QED) is 0.168. The molecule has 0 saturated heterocycles. The maximum Gasteiger partial charge on any atom is 0.330 e. The van der Waals surface area contributed by atoms with Gasteiger partial charge in [0.1, 0.15) is 5.75 Å². The highest BCUT2D eigenvalue weighted by molar-refractivity contribution is 5.89. The number of carbonyl (C=O) groups excluding carboxylic acids is 1. The number of nitriles is 2. The molecule has 0 saturated carbocycles. The molecule has 0 fully saturated rings. The number of hydrogen-bond acceptors (Lipinski definition) is 5. The van der Waals surface area contributed by atoms with Crippen LogP contribution in [0.4, 0.5) is 0 Å². The van der Waals surface area contributed by atoms with Crippen LogP contribution in [0, 0.1) is 22.7 Å². The zero-order chi connectivity index (χ0) is 21.6. The summed E-state index contributed by atoms with van der Waals surface area (Å²) in [6.07, 6.45) is 6.68. The molecule has 2 rings (SSSR count). The van der Waals surface area contributed by atoms with Crippen LogP contribution < -0.4 is 4.74 Å². The van der Waals surface area contributed by atoms with Crippen molar-refractivity contribution in [1.29, 1.82) is 10.5 Å². The van der Waals surface area contributed by atoms with Crippen molar-refractivity contribution in [2.75, 3.05) is 13.2 Å². The molecule has 0 aliphatic carbocycles. The van der Waals surface area contributed by atoms with Crippen molar-refractivity contribution in [3.8, 4) is 17.9 Å². The van der Waals surface area contributed by atoms with Crippen LogP contribution >= 0.6 is 0 Å². The van der Waals surface area contributed by atoms with E-state index in [-0.39, 0.29) is 5.97 Å². The van der Waals surface area contributed by atoms with Crippen molar-refractivity contribution >= 4 is 17.6 Å². The predicted molar refractivity (Wildman–Crippen MR) is 116 cm³/mol. The zero-order valence-corrected chi connectivity index (χ0v) is 16.8. The fourth-order valence-electron chi connectivity index (χ4n) is 2.71. The lowest BCUT2D eigenvalue weighted by Gasteiger charge is -2.07. The van der Waals surface area contributed by atoms with Gasteiger partial charge in [0.25, 0.3) is 0 Å². The van der Waals surface area contributed by atoms with Crippen molar-refractivity contribution in [1.82, 2.24) is 0 Å². The Morgan fingerprint density at radius 2 is 1.60 bits per heavy atom. The summed E-state index contributed by atoms with van der Waals surface area (Å²) < 4.78 is 10.7. The van der Waals surface area contributed by atoms with Crippen LogP contribution in [0.5, 0.6) is 5.75 Å². The predicted octanol–water partition coefficient (Wildman–Crippen LogP) is 5.29. The Morgan fingerprint density at radius 3 is 2.20 bits per heavy atom. The molecule has 0 bridgehead atoms. The monoisotopic (exact) mass is 400 g/mol. The highest BCUT2D eigenvalue weighted by Gasteiger charge is 2.03. The van der Waals surface area contributed by atoms with Crippen LogP contribution in [0.2, 0.25) is 0 Å². The van der Waals surface area contributed by atoms with E-state index in [9.17, 15) is 10.1 Å². The Kier molecular flexibility index (Phi) is 9.43. The molecule has 5 nitrogen and oxygen atoms in total. The summed E-state index contributed by atoms with van der Waals surface area (Å²) in [7, 11) is 0. The van der Waals surface area contributed by atoms with Crippen molar-refractivity contribution < 1.29 is 14.3 Å². The van der Waals surface area contributed by atoms with Gasteiger partial charge in [-0.2, -0.15) is 10.5 Å². The van der Waals surface area contributed by atoms with E-state index in [1.807, 2.05) is 36.4 Å². The minimum Gasteiger partial charge on any atom is -0.494 e. The van der Waals surface area contributed by atoms with E-state index in [0.717, 1.165) is 42.6 Å². The smallest absolute Gasteiger partial charge is 0.330 e. The van der Waals surface area contributed by atoms with E-state index in [1.54, 1.807) is 18.2 Å². The molecule has 2 aromatic carbocycles. The Bertz CT molecular complexity index is 946. The van der Waals surface area contributed by atoms with E-state index >= 15 is 0 Å². The van der Waals surface area contributed by atoms with Gasteiger partial charge in [0.2, 0.25) is 0 Å². The van der Waals surface area contributed by atoms with Crippen molar-refractivity contribution in [3.63, 3.8) is 0 Å². The van der Waals surface area contributed by atoms with Gasteiger partial charge in [0.05, 0.1) is 36.5 Å². The zero-order valence-electron chi connectivity index (χ0n) is 16.8. The maximum atomic E-state index is 10.9. The Balaban J connectivity index is 1.77. The lowest BCUT2D eigenvalue weighted by Crippen LogP contribution is -2.02. The number of ether oxygens (including phenoxy) is 2. The van der Waals surface area contributed by atoms with Crippen LogP contribution in [0.3, 0.4) is 0 Å². The SMILES string of the molecule is C=CC(=O)OCCCCCCOc1ccc(/C(C#N)=C/c2ccc(C#N)cc2)cc1. The topological polar surface area (TPSA) is 83.1 Å². The van der Waals surface area contributed by atoms with E-state index in [2.05, 4.69) is 18.7 Å². The van der Waals surface area contributed by atoms with E-state index in [4.69, 9.17) is 14.7 Å². The van der Waals surface area contributed by atoms with Gasteiger partial charge in [-0.05, 0) is 79.3 Å². The third-order valence-electron chi connectivity index (χ3n) is 4.35. The van der Waals surface area contributed by atoms with Crippen molar-refractivity contribution in [2.45, 2.75) is 25.7 Å². The molecule has 0 heterocycles. The Morgan fingerprint density at radius 1 is 0.933 bits per heavy atom. The molecule has 152 valence electrons. The first-order chi connectivity index (χ1) is 14.7. The molecule has 0 spiro atoms. The van der Waals surface area contributed by atoms with Crippen LogP contribution in [-0.2, 0) is 9.53 Å². The second-order valence-electron chi connectivity index (χ2n) is 6.56. The fraction of sp³-hybridized carbons (Fsp3) is 0.240. The lowest BCUT2D eigenvalue weighted by molar-refractivity contribution is -0.137. The number of nitrogens with zero attached hydrogens (tertiary/aromatic N) is 2. The normalized spacial score (nSPS) is 10.5. The van der Waals surface area contributed by atoms with Crippen LogP contribution in [0.15, 0.2) is 61.2 Å². The molecule has 5 heteroatoms. The largest absolute Gasteiger partial charge is 0.494 e. The number of esters is 1. The van der Waals surface area contributed by atoms with E-state index in [0.29, 0.717) is 24.4 Å². The van der Waals surface area contributed by atoms with Crippen molar-refractivity contribution in [2.24, 2.45) is 0 Å². The van der Waals surface area contributed by atoms with Gasteiger partial charge < -0.3 is 9.47 Å². The van der Waals surface area contributed by atoms with Gasteiger partial charge in [0, 0.05) is 6.08 Å². The number of benzene rings is 2. The molecule has 0 aliphatic heterocycles. The molecular formula is C25H24N2O3. The van der Waals surface area contributed by atoms with Gasteiger partial charge >= 0.3 is 5.97 Å². The summed E-state index contributed by atoms with van der Waals surface area (Å²) in [5.74, 6) is 0.377. The molecule has 30 heavy (non-hydrogen) atoms. The van der Waals surface area contributed by atoms with Crippen LogP contribution in [0.25, 0.3) is 11.6 Å². The summed E-state index contributed by atoms with van der Waals surface area (Å²) in [4.78, 5) is 10.9. The fourth-order valence-corrected chi connectivity index (χ4v) is 2.71. The third-order valence-corrected chi connectivity index (χ3v) is 4.35. The maximum absolute atomic E-state index is 10.9. The molecule has 2 aromatic rings. The highest BCUT2D eigenvalue weighted by Crippen LogP contribution is 2.21. The summed E-state index contributed by atoms with van der Waals surface area (Å²) >= 11 is 0. The van der Waals surface area contributed by atoms with Crippen LogP contribution in [-0.4, -0.2) is 19.2 Å².